The Labute approximate surface area is 50.8 Å². The summed E-state index contributed by atoms with van der Waals surface area (Å²) in [7, 11) is 1.00. The Morgan fingerprint density at radius 1 is 1.25 bits per heavy atom. The van der Waals surface area contributed by atoms with Gasteiger partial charge in [0.2, 0.25) is 0 Å². The molecule has 1 N–H and O–H groups in total. The minimum Gasteiger partial charge on any atom is -0.400 e. The smallest absolute Gasteiger partial charge is 0.0319 e. The molecule has 4 heavy (non-hydrogen) atoms. The minimum atomic E-state index is 0. The van der Waals surface area contributed by atoms with Crippen molar-refractivity contribution < 1.29 is 36.2 Å². The van der Waals surface area contributed by atoms with Gasteiger partial charge in [-0.1, -0.05) is 0 Å². The van der Waals surface area contributed by atoms with Crippen LogP contribution < -0.4 is 0 Å². The van der Waals surface area contributed by atoms with Crippen molar-refractivity contribution in [2.45, 2.75) is 0 Å². The Kier molecular flexibility index (Phi) is 177. The summed E-state index contributed by atoms with van der Waals surface area (Å²) in [6.45, 7) is 0. The van der Waals surface area contributed by atoms with Crippen LogP contribution in [0.3, 0.4) is 0 Å². The Morgan fingerprint density at radius 3 is 1.25 bits per heavy atom. The predicted molar refractivity (Wildman–Crippen MR) is 14.6 cm³/mol. The van der Waals surface area contributed by atoms with Gasteiger partial charge in [-0.3, -0.25) is 0 Å². The number of rotatable bonds is 0. The average Bonchev–Trinajstić information content (AvgIpc) is 1.00. The Balaban J connectivity index is -0.00000000500. The molecule has 0 saturated carbocycles. The van der Waals surface area contributed by atoms with Gasteiger partial charge in [-0.05, 0) is 0 Å². The number of hydrogen-bond acceptors (Lipinski definition) is 1. The molecule has 0 aliphatic carbocycles. The number of aliphatic hydroxyl groups excluding tert-OH is 1. The summed E-state index contributed by atoms with van der Waals surface area (Å²) in [6, 6.07) is 0. The molecule has 0 saturated heterocycles. The molecule has 0 aromatic heterocycles. The molecule has 2 heteroatoms. The van der Waals surface area contributed by atoms with E-state index in [1.807, 2.05) is 0 Å². The fourth-order valence-corrected chi connectivity index (χ4v) is 0. The molecule has 0 atom stereocenters. The molecule has 0 aliphatic heterocycles. The van der Waals surface area contributed by atoms with Crippen LogP contribution in [0.25, 0.3) is 0 Å². The van der Waals surface area contributed by atoms with Gasteiger partial charge in [-0.2, -0.15) is 0 Å². The third-order valence-electron chi connectivity index (χ3n) is 0. The predicted octanol–water partition coefficient (Wildman–Crippen LogP) is 0.0588. The molecule has 0 amide bonds. The van der Waals surface area contributed by atoms with Gasteiger partial charge in [0, 0.05) is 38.2 Å². The molecule has 0 rings (SSSR count). The maximum atomic E-state index is 7.00. The first-order chi connectivity index (χ1) is 1.00. The summed E-state index contributed by atoms with van der Waals surface area (Å²) < 4.78 is 0. The van der Waals surface area contributed by atoms with Crippen molar-refractivity contribution in [1.29, 1.82) is 0 Å². The van der Waals surface area contributed by atoms with E-state index in [1.165, 1.54) is 0 Å². The first kappa shape index (κ1) is 19.9. The standard InChI is InChI=1S/CH4O.CH3.U/c1-2;;/h2H,1H3;1H3;/q;-1;. The van der Waals surface area contributed by atoms with Crippen molar-refractivity contribution in [1.82, 2.24) is 0 Å². The molecule has 0 bridgehead atoms. The molecular weight excluding hydrogens is 278 g/mol. The van der Waals surface area contributed by atoms with Gasteiger partial charge < -0.3 is 12.5 Å². The van der Waals surface area contributed by atoms with Gasteiger partial charge in [0.05, 0.1) is 0 Å². The Morgan fingerprint density at radius 2 is 1.25 bits per heavy atom. The maximum Gasteiger partial charge on any atom is 0.0319 e. The van der Waals surface area contributed by atoms with Crippen LogP contribution in [-0.2, 0) is 0 Å². The van der Waals surface area contributed by atoms with E-state index in [9.17, 15) is 0 Å². The Bertz CT molecular complexity index is 6.00. The van der Waals surface area contributed by atoms with Crippen molar-refractivity contribution in [2.75, 3.05) is 7.11 Å². The fraction of sp³-hybridized carbons (Fsp3) is 0.500. The van der Waals surface area contributed by atoms with Crippen LogP contribution in [0.2, 0.25) is 0 Å². The summed E-state index contributed by atoms with van der Waals surface area (Å²) in [5.41, 5.74) is 0. The van der Waals surface area contributed by atoms with Crippen molar-refractivity contribution in [3.05, 3.63) is 7.43 Å². The minimum absolute atomic E-state index is 0. The molecular formula is C2H7OU-. The van der Waals surface area contributed by atoms with Crippen LogP contribution in [-0.4, -0.2) is 12.2 Å². The monoisotopic (exact) mass is 285 g/mol. The van der Waals surface area contributed by atoms with Crippen LogP contribution >= 0.6 is 0 Å². The summed E-state index contributed by atoms with van der Waals surface area (Å²) in [5.74, 6) is 0. The zero-order valence-corrected chi connectivity index (χ0v) is 7.11. The third kappa shape index (κ3) is 11.9. The number of aliphatic hydroxyl groups is 1. The van der Waals surface area contributed by atoms with Gasteiger partial charge in [0.1, 0.15) is 0 Å². The first-order valence-corrected chi connectivity index (χ1v) is 0.447. The molecule has 0 spiro atoms. The van der Waals surface area contributed by atoms with E-state index in [0.717, 1.165) is 7.11 Å². The summed E-state index contributed by atoms with van der Waals surface area (Å²) in [5, 5.41) is 7.00. The van der Waals surface area contributed by atoms with E-state index in [0.29, 0.717) is 0 Å². The molecule has 1 nitrogen and oxygen atoms in total. The maximum absolute atomic E-state index is 7.00. The van der Waals surface area contributed by atoms with Crippen molar-refractivity contribution in [3.63, 3.8) is 0 Å². The second-order valence-electron chi connectivity index (χ2n) is 0. The molecule has 0 aromatic rings. The fourth-order valence-electron chi connectivity index (χ4n) is 0. The molecule has 0 fully saturated rings. The third-order valence-corrected chi connectivity index (χ3v) is 0. The summed E-state index contributed by atoms with van der Waals surface area (Å²) >= 11 is 0. The first-order valence-electron chi connectivity index (χ1n) is 0.447. The van der Waals surface area contributed by atoms with E-state index >= 15 is 0 Å². The SMILES string of the molecule is CO.[CH3-].[U]. The van der Waals surface area contributed by atoms with Crippen LogP contribution in [0.5, 0.6) is 0 Å². The largest absolute Gasteiger partial charge is 0.400 e. The van der Waals surface area contributed by atoms with Gasteiger partial charge in [-0.25, -0.2) is 0 Å². The zero-order valence-electron chi connectivity index (χ0n) is 2.95. The van der Waals surface area contributed by atoms with Gasteiger partial charge in [0.25, 0.3) is 0 Å². The quantitative estimate of drug-likeness (QED) is 0.624. The van der Waals surface area contributed by atoms with Crippen molar-refractivity contribution in [2.24, 2.45) is 0 Å². The molecule has 0 heterocycles. The van der Waals surface area contributed by atoms with E-state index < -0.39 is 0 Å². The average molecular weight is 285 g/mol. The molecule has 0 aromatic carbocycles. The van der Waals surface area contributed by atoms with Crippen LogP contribution in [0, 0.1) is 38.5 Å². The second kappa shape index (κ2) is 35.5. The number of hydrogen-bond donors (Lipinski definition) is 1. The topological polar surface area (TPSA) is 20.2 Å². The van der Waals surface area contributed by atoms with Crippen molar-refractivity contribution in [3.8, 4) is 0 Å². The van der Waals surface area contributed by atoms with E-state index in [-0.39, 0.29) is 38.5 Å². The molecule has 0 aliphatic rings. The van der Waals surface area contributed by atoms with Crippen molar-refractivity contribution >= 4 is 0 Å². The van der Waals surface area contributed by atoms with Crippen LogP contribution in [0.15, 0.2) is 0 Å². The summed E-state index contributed by atoms with van der Waals surface area (Å²) in [6.07, 6.45) is 0. The molecule has 0 unspecified atom stereocenters. The van der Waals surface area contributed by atoms with Gasteiger partial charge >= 0.3 is 0 Å². The molecule has 0 radical (unpaired) electrons. The van der Waals surface area contributed by atoms with Crippen LogP contribution in [0.4, 0.5) is 0 Å². The molecule has 26 valence electrons. The van der Waals surface area contributed by atoms with Gasteiger partial charge in [0.15, 0.2) is 0 Å². The Hall–Kier alpha value is 1.01. The summed E-state index contributed by atoms with van der Waals surface area (Å²) in [4.78, 5) is 0. The normalized spacial score (nSPS) is 1.50. The second-order valence-corrected chi connectivity index (χ2v) is 0. The van der Waals surface area contributed by atoms with E-state index in [4.69, 9.17) is 5.11 Å². The van der Waals surface area contributed by atoms with Gasteiger partial charge in [-0.15, -0.1) is 0 Å². The van der Waals surface area contributed by atoms with E-state index in [2.05, 4.69) is 0 Å². The van der Waals surface area contributed by atoms with Crippen LogP contribution in [0.1, 0.15) is 0 Å². The zero-order chi connectivity index (χ0) is 2.00. The van der Waals surface area contributed by atoms with E-state index in [1.54, 1.807) is 0 Å².